The molecule has 5 nitrogen and oxygen atoms in total. The van der Waals surface area contributed by atoms with Gasteiger partial charge in [-0.2, -0.15) is 35.8 Å². The number of hydrogen-bond acceptors (Lipinski definition) is 4. The summed E-state index contributed by atoms with van der Waals surface area (Å²) in [6, 6.07) is 0.235. The van der Waals surface area contributed by atoms with Crippen LogP contribution in [0.1, 0.15) is 17.8 Å². The van der Waals surface area contributed by atoms with Crippen LogP contribution in [-0.2, 0) is 10.7 Å². The van der Waals surface area contributed by atoms with Gasteiger partial charge in [0.25, 0.3) is 0 Å². The number of alkyl halides is 7. The Labute approximate surface area is 117 Å². The summed E-state index contributed by atoms with van der Waals surface area (Å²) in [6.45, 7) is 0. The summed E-state index contributed by atoms with van der Waals surface area (Å²) in [5, 5.41) is 3.39. The van der Waals surface area contributed by atoms with E-state index in [0.717, 1.165) is 0 Å². The Morgan fingerprint density at radius 3 is 2.18 bits per heavy atom. The van der Waals surface area contributed by atoms with E-state index >= 15 is 0 Å². The number of rotatable bonds is 3. The van der Waals surface area contributed by atoms with Crippen molar-refractivity contribution in [1.29, 1.82) is 0 Å². The third kappa shape index (κ3) is 2.48. The Hall–Kier alpha value is -2.27. The van der Waals surface area contributed by atoms with Crippen LogP contribution in [0.3, 0.4) is 0 Å². The first-order chi connectivity index (χ1) is 9.97. The van der Waals surface area contributed by atoms with E-state index in [0.29, 0.717) is 6.33 Å². The Morgan fingerprint density at radius 2 is 1.68 bits per heavy atom. The summed E-state index contributed by atoms with van der Waals surface area (Å²) in [7, 11) is 0. The summed E-state index contributed by atoms with van der Waals surface area (Å²) in [6.07, 6.45) is -6.46. The van der Waals surface area contributed by atoms with Crippen molar-refractivity contribution < 1.29 is 35.5 Å². The van der Waals surface area contributed by atoms with Crippen LogP contribution in [-0.4, -0.2) is 33.7 Å². The molecule has 0 atom stereocenters. The number of hydrogen-bond donors (Lipinski definition) is 1. The minimum absolute atomic E-state index is 0.181. The van der Waals surface area contributed by atoms with Gasteiger partial charge in [-0.05, 0) is 6.07 Å². The van der Waals surface area contributed by atoms with Crippen molar-refractivity contribution in [3.8, 4) is 0 Å². The Morgan fingerprint density at radius 1 is 1.05 bits per heavy atom. The standard InChI is InChI=1S/C10H5F7N4O/c11-8(12,9(13,14)10(15,16)17)6-1-4(18-3-19-6)5-2-7(22)21-20-5/h1,3H,2H2,(H,21,22). The fraction of sp³-hybridized carbons (Fsp3) is 0.400. The second-order valence-corrected chi connectivity index (χ2v) is 4.21. The molecule has 0 unspecified atom stereocenters. The van der Waals surface area contributed by atoms with E-state index in [1.807, 2.05) is 5.43 Å². The number of carbonyl (C=O) groups is 1. The van der Waals surface area contributed by atoms with E-state index in [2.05, 4.69) is 15.1 Å². The normalized spacial score (nSPS) is 16.5. The highest BCUT2D eigenvalue weighted by atomic mass is 19.4. The molecule has 1 aromatic rings. The lowest BCUT2D eigenvalue weighted by Crippen LogP contribution is -2.50. The second kappa shape index (κ2) is 4.88. The Balaban J connectivity index is 2.43. The third-order valence-corrected chi connectivity index (χ3v) is 2.68. The molecule has 12 heteroatoms. The van der Waals surface area contributed by atoms with E-state index in [9.17, 15) is 35.5 Å². The number of amides is 1. The number of hydrazone groups is 1. The van der Waals surface area contributed by atoms with Gasteiger partial charge in [-0.1, -0.05) is 0 Å². The molecule has 0 saturated carbocycles. The van der Waals surface area contributed by atoms with Crippen molar-refractivity contribution in [2.75, 3.05) is 0 Å². The monoisotopic (exact) mass is 330 g/mol. The average molecular weight is 330 g/mol. The molecule has 0 saturated heterocycles. The van der Waals surface area contributed by atoms with E-state index in [1.54, 1.807) is 0 Å². The molecule has 0 spiro atoms. The molecule has 2 heterocycles. The minimum atomic E-state index is -6.47. The Kier molecular flexibility index (Phi) is 3.57. The van der Waals surface area contributed by atoms with Gasteiger partial charge in [0, 0.05) is 0 Å². The van der Waals surface area contributed by atoms with Crippen molar-refractivity contribution in [3.05, 3.63) is 23.8 Å². The van der Waals surface area contributed by atoms with E-state index in [1.165, 1.54) is 0 Å². The molecular formula is C10H5F7N4O. The fourth-order valence-corrected chi connectivity index (χ4v) is 1.53. The van der Waals surface area contributed by atoms with Gasteiger partial charge >= 0.3 is 18.0 Å². The highest BCUT2D eigenvalue weighted by Crippen LogP contribution is 2.51. The summed E-state index contributed by atoms with van der Waals surface area (Å²) < 4.78 is 89.2. The number of halogens is 7. The van der Waals surface area contributed by atoms with Crippen LogP contribution in [0.4, 0.5) is 30.7 Å². The van der Waals surface area contributed by atoms with Crippen LogP contribution >= 0.6 is 0 Å². The molecule has 0 aliphatic carbocycles. The zero-order valence-corrected chi connectivity index (χ0v) is 10.3. The second-order valence-electron chi connectivity index (χ2n) is 4.21. The smallest absolute Gasteiger partial charge is 0.273 e. The van der Waals surface area contributed by atoms with Crippen molar-refractivity contribution in [3.63, 3.8) is 0 Å². The topological polar surface area (TPSA) is 67.2 Å². The molecule has 0 bridgehead atoms. The van der Waals surface area contributed by atoms with E-state index in [-0.39, 0.29) is 18.2 Å². The molecule has 22 heavy (non-hydrogen) atoms. The molecule has 120 valence electrons. The van der Waals surface area contributed by atoms with Gasteiger partial charge in [-0.25, -0.2) is 15.4 Å². The number of aromatic nitrogens is 2. The lowest BCUT2D eigenvalue weighted by molar-refractivity contribution is -0.360. The highest BCUT2D eigenvalue weighted by Gasteiger charge is 2.74. The molecule has 0 aromatic carbocycles. The first-order valence-corrected chi connectivity index (χ1v) is 5.47. The first kappa shape index (κ1) is 16.1. The minimum Gasteiger partial charge on any atom is -0.273 e. The van der Waals surface area contributed by atoms with Crippen molar-refractivity contribution >= 4 is 11.6 Å². The SMILES string of the molecule is O=C1CC(c2cc(C(F)(F)C(F)(F)C(F)(F)F)ncn2)=NN1. The largest absolute Gasteiger partial charge is 0.460 e. The molecule has 1 aromatic heterocycles. The molecule has 1 aliphatic rings. The van der Waals surface area contributed by atoms with E-state index in [4.69, 9.17) is 0 Å². The predicted molar refractivity (Wildman–Crippen MR) is 56.2 cm³/mol. The van der Waals surface area contributed by atoms with Crippen LogP contribution in [0, 0.1) is 0 Å². The number of nitrogens with one attached hydrogen (secondary N) is 1. The highest BCUT2D eigenvalue weighted by molar-refractivity contribution is 6.12. The summed E-state index contributed by atoms with van der Waals surface area (Å²) in [5.74, 6) is -12.5. The van der Waals surface area contributed by atoms with Gasteiger partial charge in [0.05, 0.1) is 17.8 Å². The molecular weight excluding hydrogens is 325 g/mol. The van der Waals surface area contributed by atoms with Gasteiger partial charge in [0.2, 0.25) is 5.91 Å². The number of nitrogens with zero attached hydrogens (tertiary/aromatic N) is 3. The molecule has 1 aliphatic heterocycles. The van der Waals surface area contributed by atoms with Gasteiger partial charge in [0.1, 0.15) is 12.0 Å². The van der Waals surface area contributed by atoms with Crippen molar-refractivity contribution in [1.82, 2.24) is 15.4 Å². The van der Waals surface area contributed by atoms with Crippen LogP contribution in [0.2, 0.25) is 0 Å². The lowest BCUT2D eigenvalue weighted by atomic mass is 10.1. The van der Waals surface area contributed by atoms with Crippen LogP contribution in [0.25, 0.3) is 0 Å². The van der Waals surface area contributed by atoms with Gasteiger partial charge in [-0.3, -0.25) is 4.79 Å². The van der Waals surface area contributed by atoms with Crippen LogP contribution in [0.15, 0.2) is 17.5 Å². The number of carbonyl (C=O) groups excluding carboxylic acids is 1. The van der Waals surface area contributed by atoms with Crippen LogP contribution in [0.5, 0.6) is 0 Å². The van der Waals surface area contributed by atoms with Crippen molar-refractivity contribution in [2.24, 2.45) is 5.10 Å². The van der Waals surface area contributed by atoms with Gasteiger partial charge < -0.3 is 0 Å². The lowest BCUT2D eigenvalue weighted by Gasteiger charge is -2.27. The predicted octanol–water partition coefficient (Wildman–Crippen LogP) is 1.99. The quantitative estimate of drug-likeness (QED) is 0.862. The molecule has 0 fully saturated rings. The molecule has 1 amide bonds. The van der Waals surface area contributed by atoms with Crippen molar-refractivity contribution in [2.45, 2.75) is 24.4 Å². The van der Waals surface area contributed by atoms with Gasteiger partial charge in [-0.15, -0.1) is 0 Å². The van der Waals surface area contributed by atoms with E-state index < -0.39 is 35.3 Å². The maximum absolute atomic E-state index is 13.5. The maximum Gasteiger partial charge on any atom is 0.460 e. The maximum atomic E-state index is 13.5. The first-order valence-electron chi connectivity index (χ1n) is 5.47. The van der Waals surface area contributed by atoms with Crippen LogP contribution < -0.4 is 5.43 Å². The van der Waals surface area contributed by atoms with Gasteiger partial charge in [0.15, 0.2) is 0 Å². The fourth-order valence-electron chi connectivity index (χ4n) is 1.53. The molecule has 2 rings (SSSR count). The third-order valence-electron chi connectivity index (χ3n) is 2.68. The molecule has 1 N–H and O–H groups in total. The zero-order valence-electron chi connectivity index (χ0n) is 10.3. The Bertz CT molecular complexity index is 640. The summed E-state index contributed by atoms with van der Waals surface area (Å²) in [4.78, 5) is 17.1. The summed E-state index contributed by atoms with van der Waals surface area (Å²) >= 11 is 0. The summed E-state index contributed by atoms with van der Waals surface area (Å²) in [5.41, 5.74) is -0.516. The molecule has 0 radical (unpaired) electrons. The average Bonchev–Trinajstić information content (AvgIpc) is 2.84. The zero-order chi connectivity index (χ0) is 16.8.